The minimum atomic E-state index is -0.378. The van der Waals surface area contributed by atoms with Crippen LogP contribution in [0.1, 0.15) is 36.2 Å². The number of amides is 2. The van der Waals surface area contributed by atoms with Gasteiger partial charge in [-0.2, -0.15) is 0 Å². The van der Waals surface area contributed by atoms with Crippen molar-refractivity contribution in [2.75, 3.05) is 6.54 Å². The quantitative estimate of drug-likeness (QED) is 0.418. The fraction of sp³-hybridized carbons (Fsp3) is 0.333. The van der Waals surface area contributed by atoms with E-state index in [1.165, 1.54) is 6.07 Å². The van der Waals surface area contributed by atoms with Crippen LogP contribution in [-0.4, -0.2) is 43.9 Å². The van der Waals surface area contributed by atoms with Crippen molar-refractivity contribution in [3.63, 3.8) is 0 Å². The van der Waals surface area contributed by atoms with Gasteiger partial charge in [0.1, 0.15) is 6.04 Å². The molecule has 2 aromatic heterocycles. The van der Waals surface area contributed by atoms with Crippen LogP contribution in [-0.2, 0) is 4.79 Å². The van der Waals surface area contributed by atoms with Crippen LogP contribution in [0.2, 0.25) is 5.02 Å². The number of carbonyl (C=O) groups is 2. The molecular weight excluding hydrogens is 420 g/mol. The van der Waals surface area contributed by atoms with Gasteiger partial charge in [-0.3, -0.25) is 9.59 Å². The van der Waals surface area contributed by atoms with Crippen LogP contribution < -0.4 is 16.3 Å². The number of aromatic amines is 2. The Hall–Kier alpha value is -3.33. The molecule has 0 fully saturated rings. The fourth-order valence-electron chi connectivity index (χ4n) is 3.85. The van der Waals surface area contributed by atoms with E-state index < -0.39 is 0 Å². The number of nitrogens with zero attached hydrogens (tertiary/aromatic N) is 2. The maximum Gasteiger partial charge on any atom is 0.323 e. The van der Waals surface area contributed by atoms with E-state index in [2.05, 4.69) is 25.6 Å². The molecule has 0 saturated carbocycles. The molecule has 2 amide bonds. The van der Waals surface area contributed by atoms with Gasteiger partial charge in [-0.25, -0.2) is 9.78 Å². The van der Waals surface area contributed by atoms with E-state index in [-0.39, 0.29) is 35.5 Å². The minimum absolute atomic E-state index is 0.0525. The third-order valence-electron chi connectivity index (χ3n) is 5.44. The summed E-state index contributed by atoms with van der Waals surface area (Å²) in [5.41, 5.74) is 0.943. The molecule has 0 aliphatic heterocycles. The second-order valence-electron chi connectivity index (χ2n) is 7.60. The number of hydrogen-bond donors (Lipinski definition) is 4. The van der Waals surface area contributed by atoms with Gasteiger partial charge in [0.25, 0.3) is 5.91 Å². The first-order valence-corrected chi connectivity index (χ1v) is 10.5. The fourth-order valence-corrected chi connectivity index (χ4v) is 4.12. The summed E-state index contributed by atoms with van der Waals surface area (Å²) in [6.07, 6.45) is 10.4. The lowest BCUT2D eigenvalue weighted by molar-refractivity contribution is -0.124. The average molecular weight is 443 g/mol. The summed E-state index contributed by atoms with van der Waals surface area (Å²) in [5, 5.41) is 6.25. The lowest BCUT2D eigenvalue weighted by Crippen LogP contribution is -2.38. The lowest BCUT2D eigenvalue weighted by atomic mass is 10.1. The number of halogens is 1. The number of hydrogen-bond acceptors (Lipinski definition) is 4. The first-order chi connectivity index (χ1) is 14.9. The lowest BCUT2D eigenvalue weighted by Gasteiger charge is -2.20. The number of H-pyrrole nitrogens is 2. The zero-order chi connectivity index (χ0) is 22.0. The maximum absolute atomic E-state index is 12.6. The monoisotopic (exact) mass is 442 g/mol. The zero-order valence-corrected chi connectivity index (χ0v) is 17.6. The van der Waals surface area contributed by atoms with Crippen molar-refractivity contribution in [2.45, 2.75) is 31.8 Å². The van der Waals surface area contributed by atoms with Gasteiger partial charge in [-0.1, -0.05) is 30.7 Å². The van der Waals surface area contributed by atoms with Crippen LogP contribution in [0.25, 0.3) is 11.0 Å². The van der Waals surface area contributed by atoms with Crippen molar-refractivity contribution in [1.29, 1.82) is 0 Å². The highest BCUT2D eigenvalue weighted by molar-refractivity contribution is 6.35. The predicted molar refractivity (Wildman–Crippen MR) is 117 cm³/mol. The van der Waals surface area contributed by atoms with Gasteiger partial charge in [0, 0.05) is 30.5 Å². The molecule has 0 spiro atoms. The molecule has 0 bridgehead atoms. The molecule has 31 heavy (non-hydrogen) atoms. The molecular formula is C21H23ClN6O3. The maximum atomic E-state index is 12.6. The number of carbonyl (C=O) groups excluding carboxylic acids is 2. The highest BCUT2D eigenvalue weighted by atomic mass is 35.5. The van der Waals surface area contributed by atoms with Crippen molar-refractivity contribution < 1.29 is 9.59 Å². The number of fused-ring (bicyclic) bond motifs is 1. The first-order valence-electron chi connectivity index (χ1n) is 10.1. The summed E-state index contributed by atoms with van der Waals surface area (Å²) in [4.78, 5) is 45.8. The zero-order valence-electron chi connectivity index (χ0n) is 16.9. The number of benzene rings is 1. The van der Waals surface area contributed by atoms with Crippen LogP contribution in [0.3, 0.4) is 0 Å². The van der Waals surface area contributed by atoms with Gasteiger partial charge in [0.05, 0.1) is 22.4 Å². The van der Waals surface area contributed by atoms with Crippen LogP contribution in [0.4, 0.5) is 0 Å². The molecule has 1 aliphatic carbocycles. The molecule has 4 N–H and O–H groups in total. The molecule has 1 aromatic carbocycles. The summed E-state index contributed by atoms with van der Waals surface area (Å²) in [7, 11) is 0. The van der Waals surface area contributed by atoms with E-state index >= 15 is 0 Å². The molecule has 4 rings (SSSR count). The number of rotatable bonds is 7. The molecule has 3 aromatic rings. The number of nitrogens with one attached hydrogen (secondary N) is 4. The molecule has 1 unspecified atom stereocenters. The van der Waals surface area contributed by atoms with Gasteiger partial charge in [-0.15, -0.1) is 0 Å². The van der Waals surface area contributed by atoms with E-state index in [4.69, 9.17) is 11.6 Å². The van der Waals surface area contributed by atoms with E-state index in [9.17, 15) is 14.4 Å². The van der Waals surface area contributed by atoms with Gasteiger partial charge in [0.15, 0.2) is 0 Å². The number of aromatic nitrogens is 4. The second kappa shape index (κ2) is 8.81. The van der Waals surface area contributed by atoms with Gasteiger partial charge in [-0.05, 0) is 30.9 Å². The van der Waals surface area contributed by atoms with Crippen molar-refractivity contribution >= 4 is 34.4 Å². The largest absolute Gasteiger partial charge is 0.351 e. The molecule has 2 heterocycles. The standard InChI is InChI=1S/C21H23ClN6O3/c1-2-17(28-6-5-23-11-28)20(30)25-14-4-3-12(7-14)10-24-19(29)13-8-15(22)18-16(9-13)26-21(31)27-18/h3-6,8-9,11-12,14,17H,2,7,10H2,1H3,(H,24,29)(H,25,30)(H2,26,27,31)/t12-,14+,17?/m0/s1. The molecule has 9 nitrogen and oxygen atoms in total. The van der Waals surface area contributed by atoms with Crippen LogP contribution in [0, 0.1) is 5.92 Å². The molecule has 0 radical (unpaired) electrons. The van der Waals surface area contributed by atoms with Gasteiger partial charge >= 0.3 is 5.69 Å². The second-order valence-corrected chi connectivity index (χ2v) is 8.01. The Labute approximate surface area is 182 Å². The van der Waals surface area contributed by atoms with E-state index in [1.807, 2.05) is 19.1 Å². The molecule has 162 valence electrons. The summed E-state index contributed by atoms with van der Waals surface area (Å²) in [6, 6.07) is 2.73. The highest BCUT2D eigenvalue weighted by Crippen LogP contribution is 2.22. The van der Waals surface area contributed by atoms with Gasteiger partial charge in [0.2, 0.25) is 5.91 Å². The van der Waals surface area contributed by atoms with Crippen LogP contribution in [0.5, 0.6) is 0 Å². The summed E-state index contributed by atoms with van der Waals surface area (Å²) >= 11 is 6.16. The van der Waals surface area contributed by atoms with Crippen LogP contribution >= 0.6 is 11.6 Å². The summed E-state index contributed by atoms with van der Waals surface area (Å²) in [5.74, 6) is -0.227. The Morgan fingerprint density at radius 1 is 1.32 bits per heavy atom. The van der Waals surface area contributed by atoms with E-state index in [0.29, 0.717) is 41.0 Å². The van der Waals surface area contributed by atoms with Crippen LogP contribution in [0.15, 0.2) is 47.8 Å². The smallest absolute Gasteiger partial charge is 0.323 e. The molecule has 10 heteroatoms. The van der Waals surface area contributed by atoms with Crippen molar-refractivity contribution in [1.82, 2.24) is 30.2 Å². The Morgan fingerprint density at radius 2 is 2.16 bits per heavy atom. The Morgan fingerprint density at radius 3 is 2.90 bits per heavy atom. The molecule has 1 aliphatic rings. The van der Waals surface area contributed by atoms with E-state index in [0.717, 1.165) is 0 Å². The van der Waals surface area contributed by atoms with E-state index in [1.54, 1.807) is 29.4 Å². The normalized spacial score (nSPS) is 18.9. The summed E-state index contributed by atoms with van der Waals surface area (Å²) in [6.45, 7) is 2.39. The Bertz CT molecular complexity index is 1180. The highest BCUT2D eigenvalue weighted by Gasteiger charge is 2.25. The third kappa shape index (κ3) is 4.56. The van der Waals surface area contributed by atoms with Gasteiger partial charge < -0.3 is 25.2 Å². The summed E-state index contributed by atoms with van der Waals surface area (Å²) < 4.78 is 1.80. The van der Waals surface area contributed by atoms with Crippen molar-refractivity contribution in [3.05, 3.63) is 64.1 Å². The third-order valence-corrected chi connectivity index (χ3v) is 5.74. The SMILES string of the molecule is CCC(C(=O)N[C@@H]1C=C[C@H](CNC(=O)c2cc(Cl)c3[nH]c(=O)[nH]c3c2)C1)n1ccnc1. The first kappa shape index (κ1) is 20.9. The number of imidazole rings is 2. The average Bonchev–Trinajstić information content (AvgIpc) is 3.48. The Balaban J connectivity index is 1.31. The molecule has 0 saturated heterocycles. The van der Waals surface area contributed by atoms with Crippen molar-refractivity contribution in [2.24, 2.45) is 5.92 Å². The van der Waals surface area contributed by atoms with Crippen molar-refractivity contribution in [3.8, 4) is 0 Å². The Kier molecular flexibility index (Phi) is 5.94. The topological polar surface area (TPSA) is 125 Å². The predicted octanol–water partition coefficient (Wildman–Crippen LogP) is 2.15. The molecule has 3 atom stereocenters. The minimum Gasteiger partial charge on any atom is -0.351 e.